The molecule has 2 aromatic rings. The van der Waals surface area contributed by atoms with Crippen molar-refractivity contribution in [1.29, 1.82) is 0 Å². The van der Waals surface area contributed by atoms with E-state index >= 15 is 0 Å². The van der Waals surface area contributed by atoms with Crippen molar-refractivity contribution in [2.75, 3.05) is 34.5 Å². The van der Waals surface area contributed by atoms with Crippen LogP contribution in [0.4, 0.5) is 0 Å². The Morgan fingerprint density at radius 1 is 1.09 bits per heavy atom. The van der Waals surface area contributed by atoms with Crippen molar-refractivity contribution in [2.24, 2.45) is 0 Å². The molecule has 10 heteroatoms. The number of aliphatic hydroxyl groups excluding tert-OH is 1. The van der Waals surface area contributed by atoms with Gasteiger partial charge in [-0.15, -0.1) is 0 Å². The van der Waals surface area contributed by atoms with E-state index in [1.54, 1.807) is 12.1 Å². The lowest BCUT2D eigenvalue weighted by Gasteiger charge is -2.25. The SMILES string of the molecule is COCCN1C(=O)C(=O)/C(=C(/O)c2cc(Cl)c(OC)c(Cl)c2OC)C1c1cccc(O)c1. The summed E-state index contributed by atoms with van der Waals surface area (Å²) in [4.78, 5) is 27.1. The third-order valence-electron chi connectivity index (χ3n) is 5.06. The Morgan fingerprint density at radius 2 is 1.78 bits per heavy atom. The van der Waals surface area contributed by atoms with Crippen LogP contribution in [0.5, 0.6) is 17.2 Å². The predicted octanol–water partition coefficient (Wildman–Crippen LogP) is 3.78. The fourth-order valence-electron chi connectivity index (χ4n) is 3.63. The number of amides is 1. The van der Waals surface area contributed by atoms with Crippen LogP contribution in [0.15, 0.2) is 35.9 Å². The van der Waals surface area contributed by atoms with E-state index in [1.165, 1.54) is 44.4 Å². The summed E-state index contributed by atoms with van der Waals surface area (Å²) in [6.45, 7) is 0.241. The summed E-state index contributed by atoms with van der Waals surface area (Å²) in [5, 5.41) is 21.3. The molecule has 0 radical (unpaired) electrons. The van der Waals surface area contributed by atoms with Crippen LogP contribution in [0.2, 0.25) is 10.0 Å². The van der Waals surface area contributed by atoms with Crippen molar-refractivity contribution in [2.45, 2.75) is 6.04 Å². The zero-order valence-electron chi connectivity index (χ0n) is 17.5. The van der Waals surface area contributed by atoms with E-state index < -0.39 is 23.5 Å². The van der Waals surface area contributed by atoms with E-state index in [0.29, 0.717) is 5.56 Å². The van der Waals surface area contributed by atoms with Gasteiger partial charge in [-0.2, -0.15) is 0 Å². The van der Waals surface area contributed by atoms with Crippen LogP contribution in [0.25, 0.3) is 5.76 Å². The Kier molecular flexibility index (Phi) is 7.18. The predicted molar refractivity (Wildman–Crippen MR) is 119 cm³/mol. The zero-order valence-corrected chi connectivity index (χ0v) is 19.0. The Balaban J connectivity index is 2.29. The van der Waals surface area contributed by atoms with Crippen LogP contribution in [0.1, 0.15) is 17.2 Å². The first kappa shape index (κ1) is 23.7. The molecule has 3 rings (SSSR count). The summed E-state index contributed by atoms with van der Waals surface area (Å²) in [6, 6.07) is 6.42. The molecule has 0 aromatic heterocycles. The number of carbonyl (C=O) groups excluding carboxylic acids is 2. The molecule has 1 unspecified atom stereocenters. The molecular formula is C22H21Cl2NO7. The topological polar surface area (TPSA) is 106 Å². The van der Waals surface area contributed by atoms with Gasteiger partial charge in [0.2, 0.25) is 0 Å². The molecule has 0 bridgehead atoms. The maximum Gasteiger partial charge on any atom is 0.295 e. The second kappa shape index (κ2) is 9.68. The zero-order chi connectivity index (χ0) is 23.6. The molecule has 1 amide bonds. The number of methoxy groups -OCH3 is 3. The quantitative estimate of drug-likeness (QED) is 0.352. The Hall–Kier alpha value is -2.94. The van der Waals surface area contributed by atoms with Crippen LogP contribution in [-0.4, -0.2) is 61.3 Å². The highest BCUT2D eigenvalue weighted by atomic mass is 35.5. The van der Waals surface area contributed by atoms with Crippen molar-refractivity contribution in [3.05, 3.63) is 57.1 Å². The lowest BCUT2D eigenvalue weighted by atomic mass is 9.94. The molecule has 1 saturated heterocycles. The minimum Gasteiger partial charge on any atom is -0.508 e. The van der Waals surface area contributed by atoms with Gasteiger partial charge in [0.15, 0.2) is 11.5 Å². The molecule has 8 nitrogen and oxygen atoms in total. The lowest BCUT2D eigenvalue weighted by molar-refractivity contribution is -0.140. The number of Topliss-reactive ketones (excluding diaryl/α,β-unsaturated/α-hetero) is 1. The standard InChI is InChI=1S/C22H21Cl2NO7/c1-30-8-7-25-17(11-5-4-6-12(26)9-11)15(19(28)22(25)29)18(27)13-10-14(23)21(32-3)16(24)20(13)31-2/h4-6,9-10,17,26-27H,7-8H2,1-3H3/b18-15+. The van der Waals surface area contributed by atoms with Crippen LogP contribution in [0, 0.1) is 0 Å². The maximum atomic E-state index is 13.0. The van der Waals surface area contributed by atoms with Crippen LogP contribution >= 0.6 is 23.2 Å². The smallest absolute Gasteiger partial charge is 0.295 e. The molecule has 0 spiro atoms. The first-order valence-corrected chi connectivity index (χ1v) is 10.2. The Morgan fingerprint density at radius 3 is 2.38 bits per heavy atom. The number of likely N-dealkylation sites (tertiary alicyclic amines) is 1. The van der Waals surface area contributed by atoms with Crippen LogP contribution < -0.4 is 9.47 Å². The van der Waals surface area contributed by atoms with Gasteiger partial charge in [-0.25, -0.2) is 0 Å². The summed E-state index contributed by atoms with van der Waals surface area (Å²) >= 11 is 12.6. The van der Waals surface area contributed by atoms with Crippen molar-refractivity contribution < 1.29 is 34.0 Å². The fraction of sp³-hybridized carbons (Fsp3) is 0.273. The van der Waals surface area contributed by atoms with E-state index in [-0.39, 0.29) is 51.6 Å². The highest BCUT2D eigenvalue weighted by Gasteiger charge is 2.46. The maximum absolute atomic E-state index is 13.0. The number of hydrogen-bond donors (Lipinski definition) is 2. The molecular weight excluding hydrogens is 461 g/mol. The van der Waals surface area contributed by atoms with E-state index in [1.807, 2.05) is 0 Å². The highest BCUT2D eigenvalue weighted by Crippen LogP contribution is 2.47. The first-order chi connectivity index (χ1) is 15.3. The number of halogens is 2. The van der Waals surface area contributed by atoms with Gasteiger partial charge in [0.05, 0.1) is 43.0 Å². The summed E-state index contributed by atoms with van der Waals surface area (Å²) < 4.78 is 15.6. The average Bonchev–Trinajstić information content (AvgIpc) is 3.02. The molecule has 0 aliphatic carbocycles. The van der Waals surface area contributed by atoms with Crippen molar-refractivity contribution >= 4 is 40.7 Å². The minimum absolute atomic E-state index is 0.00781. The van der Waals surface area contributed by atoms with Gasteiger partial charge >= 0.3 is 0 Å². The summed E-state index contributed by atoms with van der Waals surface area (Å²) in [6.07, 6.45) is 0. The van der Waals surface area contributed by atoms with Crippen LogP contribution in [0.3, 0.4) is 0 Å². The number of aliphatic hydroxyl groups is 1. The molecule has 2 aromatic carbocycles. The van der Waals surface area contributed by atoms with Crippen molar-refractivity contribution in [1.82, 2.24) is 4.90 Å². The van der Waals surface area contributed by atoms with Crippen molar-refractivity contribution in [3.63, 3.8) is 0 Å². The second-order valence-electron chi connectivity index (χ2n) is 6.87. The Labute approximate surface area is 194 Å². The molecule has 1 aliphatic heterocycles. The normalized spacial score (nSPS) is 17.7. The van der Waals surface area contributed by atoms with Gasteiger partial charge in [-0.1, -0.05) is 35.3 Å². The van der Waals surface area contributed by atoms with Crippen molar-refractivity contribution in [3.8, 4) is 17.2 Å². The van der Waals surface area contributed by atoms with Gasteiger partial charge < -0.3 is 29.3 Å². The highest BCUT2D eigenvalue weighted by molar-refractivity contribution is 6.47. The van der Waals surface area contributed by atoms with Gasteiger partial charge in [0.25, 0.3) is 11.7 Å². The molecule has 170 valence electrons. The number of benzene rings is 2. The van der Waals surface area contributed by atoms with Crippen LogP contribution in [-0.2, 0) is 14.3 Å². The second-order valence-corrected chi connectivity index (χ2v) is 7.65. The number of aromatic hydroxyl groups is 1. The lowest BCUT2D eigenvalue weighted by Crippen LogP contribution is -2.32. The largest absolute Gasteiger partial charge is 0.508 e. The number of rotatable bonds is 7. The molecule has 1 atom stereocenters. The van der Waals surface area contributed by atoms with Gasteiger partial charge in [-0.3, -0.25) is 9.59 Å². The molecule has 2 N–H and O–H groups in total. The van der Waals surface area contributed by atoms with E-state index in [9.17, 15) is 19.8 Å². The first-order valence-electron chi connectivity index (χ1n) is 9.43. The fourth-order valence-corrected chi connectivity index (χ4v) is 4.32. The number of phenolic OH excluding ortho intramolecular Hbond substituents is 1. The summed E-state index contributed by atoms with van der Waals surface area (Å²) in [5.74, 6) is -2.17. The monoisotopic (exact) mass is 481 g/mol. The molecule has 1 heterocycles. The number of nitrogens with zero attached hydrogens (tertiary/aromatic N) is 1. The molecule has 1 aliphatic rings. The number of ether oxygens (including phenoxy) is 3. The van der Waals surface area contributed by atoms with Gasteiger partial charge in [0.1, 0.15) is 16.5 Å². The number of phenols is 1. The van der Waals surface area contributed by atoms with E-state index in [4.69, 9.17) is 37.4 Å². The average molecular weight is 482 g/mol. The number of hydrogen-bond acceptors (Lipinski definition) is 7. The number of carbonyl (C=O) groups is 2. The van der Waals surface area contributed by atoms with Gasteiger partial charge in [0, 0.05) is 13.7 Å². The summed E-state index contributed by atoms with van der Waals surface area (Å²) in [5.41, 5.74) is 0.233. The third kappa shape index (κ3) is 4.09. The molecule has 1 fully saturated rings. The number of ketones is 1. The third-order valence-corrected chi connectivity index (χ3v) is 5.68. The van der Waals surface area contributed by atoms with E-state index in [0.717, 1.165) is 0 Å². The molecule has 32 heavy (non-hydrogen) atoms. The minimum atomic E-state index is -0.985. The van der Waals surface area contributed by atoms with E-state index in [2.05, 4.69) is 0 Å². The molecule has 0 saturated carbocycles. The summed E-state index contributed by atoms with van der Waals surface area (Å²) in [7, 11) is 4.16. The van der Waals surface area contributed by atoms with Gasteiger partial charge in [-0.05, 0) is 23.8 Å². The Bertz CT molecular complexity index is 1100.